The van der Waals surface area contributed by atoms with Crippen molar-refractivity contribution in [2.24, 2.45) is 0 Å². The standard InChI is InChI=1S/C48H93NO4/c1-3-5-7-9-11-13-15-17-19-21-22-23-24-25-26-27-29-30-32-34-36-38-40-42-46(51)45(44-50)49-48(53)47(52)43-41-39-37-35-33-31-28-20-18-16-14-12-10-8-6-4-2/h12,14,18,20,45-47,50-52H,3-11,13,15-17,19,21-44H2,1-2H3,(H,49,53)/b14-12-,20-18-. The van der Waals surface area contributed by atoms with Gasteiger partial charge in [0.2, 0.25) is 5.91 Å². The summed E-state index contributed by atoms with van der Waals surface area (Å²) in [6.07, 6.45) is 53.3. The van der Waals surface area contributed by atoms with Gasteiger partial charge in [-0.05, 0) is 44.9 Å². The Hall–Kier alpha value is -1.17. The first kappa shape index (κ1) is 51.8. The van der Waals surface area contributed by atoms with Crippen molar-refractivity contribution in [1.82, 2.24) is 5.32 Å². The Morgan fingerprint density at radius 1 is 0.453 bits per heavy atom. The van der Waals surface area contributed by atoms with Crippen LogP contribution >= 0.6 is 0 Å². The fraction of sp³-hybridized carbons (Fsp3) is 0.896. The summed E-state index contributed by atoms with van der Waals surface area (Å²) < 4.78 is 0. The van der Waals surface area contributed by atoms with E-state index in [-0.39, 0.29) is 6.61 Å². The highest BCUT2D eigenvalue weighted by Gasteiger charge is 2.23. The number of rotatable bonds is 43. The van der Waals surface area contributed by atoms with Crippen LogP contribution < -0.4 is 5.32 Å². The molecule has 0 rings (SSSR count). The van der Waals surface area contributed by atoms with E-state index in [9.17, 15) is 20.1 Å². The van der Waals surface area contributed by atoms with E-state index in [1.54, 1.807) is 0 Å². The molecule has 1 amide bonds. The van der Waals surface area contributed by atoms with Crippen LogP contribution in [0.4, 0.5) is 0 Å². The number of carbonyl (C=O) groups excluding carboxylic acids is 1. The number of aliphatic hydroxyl groups is 3. The zero-order chi connectivity index (χ0) is 38.7. The number of amides is 1. The molecule has 4 N–H and O–H groups in total. The number of hydrogen-bond acceptors (Lipinski definition) is 4. The lowest BCUT2D eigenvalue weighted by Crippen LogP contribution is -2.49. The molecule has 5 heteroatoms. The van der Waals surface area contributed by atoms with Gasteiger partial charge in [0.1, 0.15) is 6.10 Å². The zero-order valence-electron chi connectivity index (χ0n) is 35.7. The van der Waals surface area contributed by atoms with Crippen molar-refractivity contribution in [2.45, 2.75) is 270 Å². The summed E-state index contributed by atoms with van der Waals surface area (Å²) in [5, 5.41) is 33.4. The molecule has 0 aromatic rings. The molecule has 3 unspecified atom stereocenters. The Labute approximate surface area is 331 Å². The van der Waals surface area contributed by atoms with E-state index in [0.29, 0.717) is 12.8 Å². The van der Waals surface area contributed by atoms with E-state index < -0.39 is 24.2 Å². The number of aliphatic hydroxyl groups excluding tert-OH is 3. The summed E-state index contributed by atoms with van der Waals surface area (Å²) in [5.41, 5.74) is 0. The molecule has 0 aliphatic rings. The molecule has 0 bridgehead atoms. The molecular weight excluding hydrogens is 655 g/mol. The van der Waals surface area contributed by atoms with E-state index in [4.69, 9.17) is 0 Å². The van der Waals surface area contributed by atoms with Crippen LogP contribution in [-0.4, -0.2) is 46.1 Å². The largest absolute Gasteiger partial charge is 0.394 e. The Balaban J connectivity index is 3.58. The van der Waals surface area contributed by atoms with Crippen molar-refractivity contribution in [3.63, 3.8) is 0 Å². The normalized spacial score (nSPS) is 13.7. The quantitative estimate of drug-likeness (QED) is 0.0369. The van der Waals surface area contributed by atoms with Gasteiger partial charge in [-0.2, -0.15) is 0 Å². The number of nitrogens with one attached hydrogen (secondary N) is 1. The number of carbonyl (C=O) groups is 1. The first-order valence-electron chi connectivity index (χ1n) is 23.6. The van der Waals surface area contributed by atoms with E-state index >= 15 is 0 Å². The molecule has 0 aliphatic heterocycles. The van der Waals surface area contributed by atoms with E-state index in [0.717, 1.165) is 44.9 Å². The van der Waals surface area contributed by atoms with Crippen LogP contribution in [0.1, 0.15) is 251 Å². The smallest absolute Gasteiger partial charge is 0.249 e. The third-order valence-electron chi connectivity index (χ3n) is 11.1. The predicted molar refractivity (Wildman–Crippen MR) is 231 cm³/mol. The summed E-state index contributed by atoms with van der Waals surface area (Å²) in [4.78, 5) is 12.5. The molecule has 0 aromatic heterocycles. The van der Waals surface area contributed by atoms with Crippen molar-refractivity contribution < 1.29 is 20.1 Å². The molecule has 0 aromatic carbocycles. The lowest BCUT2D eigenvalue weighted by Gasteiger charge is -2.23. The molecule has 0 heterocycles. The highest BCUT2D eigenvalue weighted by molar-refractivity contribution is 5.80. The maximum Gasteiger partial charge on any atom is 0.249 e. The first-order chi connectivity index (χ1) is 26.1. The first-order valence-corrected chi connectivity index (χ1v) is 23.6. The SMILES string of the molecule is CCCCC/C=C\C/C=C\CCCCCCCCC(O)C(=O)NC(CO)C(O)CCCCCCCCCCCCCCCCCCCCCCCCC. The topological polar surface area (TPSA) is 89.8 Å². The van der Waals surface area contributed by atoms with Crippen molar-refractivity contribution in [1.29, 1.82) is 0 Å². The fourth-order valence-corrected chi connectivity index (χ4v) is 7.34. The summed E-state index contributed by atoms with van der Waals surface area (Å²) in [7, 11) is 0. The minimum absolute atomic E-state index is 0.316. The average molecular weight is 748 g/mol. The van der Waals surface area contributed by atoms with Gasteiger partial charge in [-0.25, -0.2) is 0 Å². The second-order valence-electron chi connectivity index (χ2n) is 16.3. The number of allylic oxidation sites excluding steroid dienone is 4. The number of unbranched alkanes of at least 4 members (excludes halogenated alkanes) is 31. The maximum atomic E-state index is 12.5. The summed E-state index contributed by atoms with van der Waals surface area (Å²) in [5.74, 6) is -0.477. The van der Waals surface area contributed by atoms with E-state index in [1.807, 2.05) is 0 Å². The third-order valence-corrected chi connectivity index (χ3v) is 11.1. The van der Waals surface area contributed by atoms with E-state index in [1.165, 1.54) is 180 Å². The summed E-state index contributed by atoms with van der Waals surface area (Å²) in [6, 6.07) is -0.715. The third kappa shape index (κ3) is 38.9. The minimum Gasteiger partial charge on any atom is -0.394 e. The van der Waals surface area contributed by atoms with Crippen LogP contribution in [0.5, 0.6) is 0 Å². The number of hydrogen-bond donors (Lipinski definition) is 4. The summed E-state index contributed by atoms with van der Waals surface area (Å²) in [6.45, 7) is 4.22. The molecule has 0 fully saturated rings. The highest BCUT2D eigenvalue weighted by Crippen LogP contribution is 2.17. The molecule has 0 aliphatic carbocycles. The van der Waals surface area contributed by atoms with Gasteiger partial charge in [0, 0.05) is 0 Å². The average Bonchev–Trinajstić information content (AvgIpc) is 3.16. The fourth-order valence-electron chi connectivity index (χ4n) is 7.34. The van der Waals surface area contributed by atoms with Crippen LogP contribution in [0.25, 0.3) is 0 Å². The van der Waals surface area contributed by atoms with Crippen molar-refractivity contribution >= 4 is 5.91 Å². The van der Waals surface area contributed by atoms with Gasteiger partial charge >= 0.3 is 0 Å². The van der Waals surface area contributed by atoms with Crippen LogP contribution in [0, 0.1) is 0 Å². The van der Waals surface area contributed by atoms with Crippen molar-refractivity contribution in [3.8, 4) is 0 Å². The van der Waals surface area contributed by atoms with Crippen LogP contribution in [-0.2, 0) is 4.79 Å². The maximum absolute atomic E-state index is 12.5. The second kappa shape index (κ2) is 43.6. The Bertz CT molecular complexity index is 784. The van der Waals surface area contributed by atoms with Crippen LogP contribution in [0.3, 0.4) is 0 Å². The van der Waals surface area contributed by atoms with Gasteiger partial charge < -0.3 is 20.6 Å². The van der Waals surface area contributed by atoms with Gasteiger partial charge in [-0.3, -0.25) is 4.79 Å². The molecule has 53 heavy (non-hydrogen) atoms. The lowest BCUT2D eigenvalue weighted by molar-refractivity contribution is -0.131. The molecule has 3 atom stereocenters. The zero-order valence-corrected chi connectivity index (χ0v) is 35.7. The van der Waals surface area contributed by atoms with Crippen LogP contribution in [0.15, 0.2) is 24.3 Å². The van der Waals surface area contributed by atoms with Gasteiger partial charge in [0.25, 0.3) is 0 Å². The molecule has 5 nitrogen and oxygen atoms in total. The molecule has 0 spiro atoms. The van der Waals surface area contributed by atoms with Crippen molar-refractivity contribution in [2.75, 3.05) is 6.61 Å². The Morgan fingerprint density at radius 2 is 0.774 bits per heavy atom. The predicted octanol–water partition coefficient (Wildman–Crippen LogP) is 13.8. The van der Waals surface area contributed by atoms with E-state index in [2.05, 4.69) is 43.5 Å². The molecule has 0 saturated heterocycles. The molecule has 314 valence electrons. The molecular formula is C48H93NO4. The van der Waals surface area contributed by atoms with Gasteiger partial charge in [0.15, 0.2) is 0 Å². The highest BCUT2D eigenvalue weighted by atomic mass is 16.3. The van der Waals surface area contributed by atoms with Gasteiger partial charge in [-0.15, -0.1) is 0 Å². The van der Waals surface area contributed by atoms with Gasteiger partial charge in [-0.1, -0.05) is 231 Å². The monoisotopic (exact) mass is 748 g/mol. The molecule has 0 saturated carbocycles. The Kier molecular flexibility index (Phi) is 42.6. The molecule has 0 radical (unpaired) electrons. The van der Waals surface area contributed by atoms with Crippen LogP contribution in [0.2, 0.25) is 0 Å². The lowest BCUT2D eigenvalue weighted by atomic mass is 10.0. The second-order valence-corrected chi connectivity index (χ2v) is 16.3. The van der Waals surface area contributed by atoms with Crippen molar-refractivity contribution in [3.05, 3.63) is 24.3 Å². The summed E-state index contributed by atoms with van der Waals surface area (Å²) >= 11 is 0. The van der Waals surface area contributed by atoms with Gasteiger partial charge in [0.05, 0.1) is 18.8 Å². The minimum atomic E-state index is -1.08. The Morgan fingerprint density at radius 3 is 1.17 bits per heavy atom.